The predicted molar refractivity (Wildman–Crippen MR) is 106 cm³/mol. The maximum absolute atomic E-state index is 12.5. The molecule has 1 saturated carbocycles. The molecule has 3 aliphatic rings. The minimum absolute atomic E-state index is 0.0460. The number of hydrogen-bond acceptors (Lipinski definition) is 3. The SMILES string of the molecule is O=C(Nc1ccccc1Cl)N1CCN(C[C@@H]2CCCN(C3CC3)C2)CC1. The second-order valence-corrected chi connectivity index (χ2v) is 8.34. The molecule has 26 heavy (non-hydrogen) atoms. The third-order valence-corrected chi connectivity index (χ3v) is 6.23. The highest BCUT2D eigenvalue weighted by Crippen LogP contribution is 2.31. The highest BCUT2D eigenvalue weighted by Gasteiger charge is 2.33. The van der Waals surface area contributed by atoms with E-state index in [4.69, 9.17) is 11.6 Å². The highest BCUT2D eigenvalue weighted by atomic mass is 35.5. The molecule has 1 aromatic carbocycles. The van der Waals surface area contributed by atoms with Crippen molar-refractivity contribution >= 4 is 23.3 Å². The van der Waals surface area contributed by atoms with Crippen LogP contribution in [0.5, 0.6) is 0 Å². The molecule has 2 aliphatic heterocycles. The van der Waals surface area contributed by atoms with E-state index in [0.717, 1.165) is 38.1 Å². The first kappa shape index (κ1) is 18.1. The summed E-state index contributed by atoms with van der Waals surface area (Å²) in [6.07, 6.45) is 5.52. The first-order valence-corrected chi connectivity index (χ1v) is 10.3. The van der Waals surface area contributed by atoms with Crippen LogP contribution >= 0.6 is 11.6 Å². The number of para-hydroxylation sites is 1. The van der Waals surface area contributed by atoms with Crippen molar-refractivity contribution in [3.8, 4) is 0 Å². The van der Waals surface area contributed by atoms with E-state index in [1.165, 1.54) is 45.3 Å². The van der Waals surface area contributed by atoms with Crippen LogP contribution < -0.4 is 5.32 Å². The number of hydrogen-bond donors (Lipinski definition) is 1. The van der Waals surface area contributed by atoms with Crippen LogP contribution in [0.15, 0.2) is 24.3 Å². The Hall–Kier alpha value is -1.30. The Morgan fingerprint density at radius 3 is 2.58 bits per heavy atom. The van der Waals surface area contributed by atoms with Gasteiger partial charge in [-0.2, -0.15) is 0 Å². The van der Waals surface area contributed by atoms with Crippen LogP contribution in [0.2, 0.25) is 5.02 Å². The molecule has 3 fully saturated rings. The molecule has 0 unspecified atom stereocenters. The van der Waals surface area contributed by atoms with Crippen LogP contribution in [0.25, 0.3) is 0 Å². The summed E-state index contributed by atoms with van der Waals surface area (Å²) in [6, 6.07) is 8.23. The van der Waals surface area contributed by atoms with Gasteiger partial charge in [-0.1, -0.05) is 23.7 Å². The van der Waals surface area contributed by atoms with Gasteiger partial charge in [-0.25, -0.2) is 4.79 Å². The normalized spacial score (nSPS) is 25.3. The Kier molecular flexibility index (Phi) is 5.67. The quantitative estimate of drug-likeness (QED) is 0.875. The zero-order valence-corrected chi connectivity index (χ0v) is 16.1. The first-order chi connectivity index (χ1) is 12.7. The number of nitrogens with one attached hydrogen (secondary N) is 1. The summed E-state index contributed by atoms with van der Waals surface area (Å²) in [6.45, 7) is 7.27. The molecule has 2 saturated heterocycles. The number of likely N-dealkylation sites (tertiary alicyclic amines) is 1. The molecule has 5 nitrogen and oxygen atoms in total. The van der Waals surface area contributed by atoms with Gasteiger partial charge in [-0.3, -0.25) is 4.90 Å². The van der Waals surface area contributed by atoms with Crippen LogP contribution in [0.3, 0.4) is 0 Å². The van der Waals surface area contributed by atoms with Crippen LogP contribution in [0.1, 0.15) is 25.7 Å². The van der Waals surface area contributed by atoms with Gasteiger partial charge < -0.3 is 15.1 Å². The summed E-state index contributed by atoms with van der Waals surface area (Å²) in [5.74, 6) is 0.799. The molecular weight excluding hydrogens is 348 g/mol. The molecular formula is C20H29ClN4O. The van der Waals surface area contributed by atoms with Crippen molar-refractivity contribution in [1.82, 2.24) is 14.7 Å². The maximum Gasteiger partial charge on any atom is 0.321 e. The molecule has 4 rings (SSSR count). The average Bonchev–Trinajstić information content (AvgIpc) is 3.50. The maximum atomic E-state index is 12.5. The monoisotopic (exact) mass is 376 g/mol. The third-order valence-electron chi connectivity index (χ3n) is 5.91. The van der Waals surface area contributed by atoms with Gasteiger partial charge in [0.25, 0.3) is 0 Å². The first-order valence-electron chi connectivity index (χ1n) is 9.96. The second-order valence-electron chi connectivity index (χ2n) is 7.93. The Bertz CT molecular complexity index is 628. The van der Waals surface area contributed by atoms with Crippen LogP contribution in [-0.2, 0) is 0 Å². The number of anilines is 1. The number of carbonyl (C=O) groups excluding carboxylic acids is 1. The number of carbonyl (C=O) groups is 1. The minimum atomic E-state index is -0.0460. The molecule has 1 aliphatic carbocycles. The summed E-state index contributed by atoms with van der Waals surface area (Å²) in [4.78, 5) is 19.6. The summed E-state index contributed by atoms with van der Waals surface area (Å²) in [5, 5.41) is 3.51. The second kappa shape index (κ2) is 8.15. The van der Waals surface area contributed by atoms with E-state index in [1.54, 1.807) is 6.07 Å². The number of halogens is 1. The number of urea groups is 1. The van der Waals surface area contributed by atoms with Crippen molar-refractivity contribution in [3.05, 3.63) is 29.3 Å². The van der Waals surface area contributed by atoms with Crippen molar-refractivity contribution in [3.63, 3.8) is 0 Å². The van der Waals surface area contributed by atoms with Crippen LogP contribution in [0, 0.1) is 5.92 Å². The number of piperidine rings is 1. The lowest BCUT2D eigenvalue weighted by Gasteiger charge is -2.39. The Morgan fingerprint density at radius 2 is 1.85 bits per heavy atom. The number of benzene rings is 1. The average molecular weight is 377 g/mol. The van der Waals surface area contributed by atoms with E-state index in [-0.39, 0.29) is 6.03 Å². The molecule has 2 amide bonds. The van der Waals surface area contributed by atoms with Gasteiger partial charge >= 0.3 is 6.03 Å². The lowest BCUT2D eigenvalue weighted by atomic mass is 9.97. The Labute approximate surface area is 161 Å². The molecule has 142 valence electrons. The summed E-state index contributed by atoms with van der Waals surface area (Å²) >= 11 is 6.13. The minimum Gasteiger partial charge on any atom is -0.322 e. The summed E-state index contributed by atoms with van der Waals surface area (Å²) in [5.41, 5.74) is 0.684. The molecule has 6 heteroatoms. The fourth-order valence-corrected chi connectivity index (χ4v) is 4.46. The molecule has 0 aromatic heterocycles. The van der Waals surface area contributed by atoms with E-state index in [2.05, 4.69) is 15.1 Å². The van der Waals surface area contributed by atoms with Crippen LogP contribution in [0.4, 0.5) is 10.5 Å². The van der Waals surface area contributed by atoms with E-state index in [0.29, 0.717) is 10.7 Å². The largest absolute Gasteiger partial charge is 0.322 e. The topological polar surface area (TPSA) is 38.8 Å². The van der Waals surface area contributed by atoms with E-state index in [1.807, 2.05) is 23.1 Å². The van der Waals surface area contributed by atoms with Crippen LogP contribution in [-0.4, -0.2) is 72.6 Å². The zero-order chi connectivity index (χ0) is 17.9. The smallest absolute Gasteiger partial charge is 0.321 e. The Balaban J connectivity index is 1.22. The van der Waals surface area contributed by atoms with E-state index in [9.17, 15) is 4.79 Å². The van der Waals surface area contributed by atoms with Gasteiger partial charge in [-0.15, -0.1) is 0 Å². The van der Waals surface area contributed by atoms with Gasteiger partial charge in [0.1, 0.15) is 0 Å². The number of amides is 2. The predicted octanol–water partition coefficient (Wildman–Crippen LogP) is 3.36. The third kappa shape index (κ3) is 4.51. The standard InChI is InChI=1S/C20H29ClN4O/c21-18-5-1-2-6-19(18)22-20(26)24-12-10-23(11-13-24)14-16-4-3-9-25(15-16)17-7-8-17/h1-2,5-6,16-17H,3-4,7-15H2,(H,22,26)/t16-/m0/s1. The molecule has 1 aromatic rings. The molecule has 1 N–H and O–H groups in total. The fourth-order valence-electron chi connectivity index (χ4n) is 4.27. The van der Waals surface area contributed by atoms with Gasteiger partial charge in [0.2, 0.25) is 0 Å². The van der Waals surface area contributed by atoms with Gasteiger partial charge in [-0.05, 0) is 50.3 Å². The van der Waals surface area contributed by atoms with Crippen molar-refractivity contribution in [2.45, 2.75) is 31.7 Å². The Morgan fingerprint density at radius 1 is 1.08 bits per heavy atom. The molecule has 2 heterocycles. The summed E-state index contributed by atoms with van der Waals surface area (Å²) < 4.78 is 0. The van der Waals surface area contributed by atoms with E-state index >= 15 is 0 Å². The van der Waals surface area contributed by atoms with Crippen molar-refractivity contribution in [1.29, 1.82) is 0 Å². The molecule has 0 radical (unpaired) electrons. The number of rotatable bonds is 4. The molecule has 1 atom stereocenters. The van der Waals surface area contributed by atoms with Gasteiger partial charge in [0.05, 0.1) is 10.7 Å². The fraction of sp³-hybridized carbons (Fsp3) is 0.650. The van der Waals surface area contributed by atoms with E-state index < -0.39 is 0 Å². The van der Waals surface area contributed by atoms with Crippen molar-refractivity contribution < 1.29 is 4.79 Å². The van der Waals surface area contributed by atoms with Gasteiger partial charge in [0.15, 0.2) is 0 Å². The molecule has 0 spiro atoms. The lowest BCUT2D eigenvalue weighted by molar-refractivity contribution is 0.0982. The number of piperazine rings is 1. The summed E-state index contributed by atoms with van der Waals surface area (Å²) in [7, 11) is 0. The molecule has 0 bridgehead atoms. The number of nitrogens with zero attached hydrogens (tertiary/aromatic N) is 3. The highest BCUT2D eigenvalue weighted by molar-refractivity contribution is 6.33. The zero-order valence-electron chi connectivity index (χ0n) is 15.4. The van der Waals surface area contributed by atoms with Crippen molar-refractivity contribution in [2.24, 2.45) is 5.92 Å². The lowest BCUT2D eigenvalue weighted by Crippen LogP contribution is -2.52. The van der Waals surface area contributed by atoms with Gasteiger partial charge in [0, 0.05) is 45.3 Å². The van der Waals surface area contributed by atoms with Crippen molar-refractivity contribution in [2.75, 3.05) is 51.1 Å².